The number of thiophene rings is 1. The maximum absolute atomic E-state index is 11.8. The van der Waals surface area contributed by atoms with Crippen LogP contribution < -0.4 is 5.32 Å². The van der Waals surface area contributed by atoms with E-state index < -0.39 is 0 Å². The molecule has 1 N–H and O–H groups in total. The molecule has 112 valence electrons. The lowest BCUT2D eigenvalue weighted by atomic mass is 10.2. The number of nitrogens with one attached hydrogen (secondary N) is 1. The zero-order valence-electron chi connectivity index (χ0n) is 11.7. The number of aryl methyl sites for hydroxylation is 1. The van der Waals surface area contributed by atoms with E-state index >= 15 is 0 Å². The molecule has 3 aromatic rings. The van der Waals surface area contributed by atoms with Crippen molar-refractivity contribution in [1.82, 2.24) is 20.5 Å². The van der Waals surface area contributed by atoms with Crippen LogP contribution in [0.2, 0.25) is 0 Å². The summed E-state index contributed by atoms with van der Waals surface area (Å²) in [6.07, 6.45) is 4.15. The molecular formula is C15H14N4O2S. The standard InChI is InChI=1S/C15H14N4O2S/c20-13(17-10-11-5-7-16-8-6-11)3-4-14-18-19-15(21-14)12-2-1-9-22-12/h1-2,5-9H,3-4,10H2,(H,17,20). The van der Waals surface area contributed by atoms with Crippen molar-refractivity contribution in [2.75, 3.05) is 0 Å². The minimum atomic E-state index is -0.0484. The van der Waals surface area contributed by atoms with Crippen molar-refractivity contribution in [1.29, 1.82) is 0 Å². The van der Waals surface area contributed by atoms with E-state index in [-0.39, 0.29) is 5.91 Å². The Bertz CT molecular complexity index is 725. The van der Waals surface area contributed by atoms with Crippen LogP contribution in [-0.4, -0.2) is 21.1 Å². The van der Waals surface area contributed by atoms with E-state index in [9.17, 15) is 4.79 Å². The predicted octanol–water partition coefficient (Wildman–Crippen LogP) is 2.44. The number of rotatable bonds is 6. The Morgan fingerprint density at radius 2 is 2.09 bits per heavy atom. The monoisotopic (exact) mass is 314 g/mol. The topological polar surface area (TPSA) is 80.9 Å². The highest BCUT2D eigenvalue weighted by atomic mass is 32.1. The Kier molecular flexibility index (Phi) is 4.55. The Labute approximate surface area is 131 Å². The zero-order chi connectivity index (χ0) is 15.2. The van der Waals surface area contributed by atoms with Crippen molar-refractivity contribution < 1.29 is 9.21 Å². The maximum atomic E-state index is 11.8. The van der Waals surface area contributed by atoms with Crippen molar-refractivity contribution >= 4 is 17.2 Å². The average molecular weight is 314 g/mol. The van der Waals surface area contributed by atoms with Crippen molar-refractivity contribution in [2.45, 2.75) is 19.4 Å². The second-order valence-corrected chi connectivity index (χ2v) is 5.56. The van der Waals surface area contributed by atoms with Crippen LogP contribution in [0, 0.1) is 0 Å². The quantitative estimate of drug-likeness (QED) is 0.756. The molecular weight excluding hydrogens is 300 g/mol. The van der Waals surface area contributed by atoms with Gasteiger partial charge in [-0.1, -0.05) is 6.07 Å². The van der Waals surface area contributed by atoms with Crippen LogP contribution in [0.25, 0.3) is 10.8 Å². The van der Waals surface area contributed by atoms with Gasteiger partial charge in [0.2, 0.25) is 11.8 Å². The number of carbonyl (C=O) groups excluding carboxylic acids is 1. The van der Waals surface area contributed by atoms with Crippen LogP contribution in [0.1, 0.15) is 17.9 Å². The number of nitrogens with zero attached hydrogens (tertiary/aromatic N) is 3. The molecule has 0 saturated heterocycles. The highest BCUT2D eigenvalue weighted by molar-refractivity contribution is 7.13. The number of amides is 1. The Morgan fingerprint density at radius 1 is 1.23 bits per heavy atom. The lowest BCUT2D eigenvalue weighted by molar-refractivity contribution is -0.121. The fourth-order valence-corrected chi connectivity index (χ4v) is 2.51. The van der Waals surface area contributed by atoms with E-state index in [1.165, 1.54) is 11.3 Å². The first-order chi connectivity index (χ1) is 10.8. The van der Waals surface area contributed by atoms with E-state index in [0.717, 1.165) is 10.4 Å². The fourth-order valence-electron chi connectivity index (χ4n) is 1.86. The fraction of sp³-hybridized carbons (Fsp3) is 0.200. The molecule has 0 aromatic carbocycles. The normalized spacial score (nSPS) is 10.5. The third kappa shape index (κ3) is 3.76. The Hall–Kier alpha value is -2.54. The summed E-state index contributed by atoms with van der Waals surface area (Å²) in [4.78, 5) is 16.7. The first-order valence-electron chi connectivity index (χ1n) is 6.83. The summed E-state index contributed by atoms with van der Waals surface area (Å²) in [6.45, 7) is 0.492. The van der Waals surface area contributed by atoms with Gasteiger partial charge in [0.1, 0.15) is 0 Å². The minimum Gasteiger partial charge on any atom is -0.420 e. The summed E-state index contributed by atoms with van der Waals surface area (Å²) in [5.41, 5.74) is 1.01. The molecule has 0 radical (unpaired) electrons. The van der Waals surface area contributed by atoms with Gasteiger partial charge in [0, 0.05) is 31.8 Å². The molecule has 22 heavy (non-hydrogen) atoms. The third-order valence-electron chi connectivity index (χ3n) is 3.00. The van der Waals surface area contributed by atoms with Gasteiger partial charge in [0.15, 0.2) is 0 Å². The van der Waals surface area contributed by atoms with E-state index in [1.54, 1.807) is 12.4 Å². The Morgan fingerprint density at radius 3 is 2.86 bits per heavy atom. The van der Waals surface area contributed by atoms with Crippen molar-refractivity contribution in [3.05, 3.63) is 53.5 Å². The van der Waals surface area contributed by atoms with Gasteiger partial charge in [-0.3, -0.25) is 9.78 Å². The summed E-state index contributed by atoms with van der Waals surface area (Å²) < 4.78 is 5.54. The summed E-state index contributed by atoms with van der Waals surface area (Å²) in [6, 6.07) is 7.58. The molecule has 3 rings (SSSR count). The molecule has 0 aliphatic rings. The van der Waals surface area contributed by atoms with Gasteiger partial charge in [-0.25, -0.2) is 0 Å². The molecule has 0 spiro atoms. The lowest BCUT2D eigenvalue weighted by Crippen LogP contribution is -2.23. The molecule has 0 saturated carbocycles. The summed E-state index contributed by atoms with van der Waals surface area (Å²) >= 11 is 1.54. The van der Waals surface area contributed by atoms with Crippen LogP contribution in [0.3, 0.4) is 0 Å². The molecule has 7 heteroatoms. The molecule has 3 aromatic heterocycles. The molecule has 6 nitrogen and oxygen atoms in total. The minimum absolute atomic E-state index is 0.0484. The number of hydrogen-bond acceptors (Lipinski definition) is 6. The molecule has 3 heterocycles. The van der Waals surface area contributed by atoms with Gasteiger partial charge in [-0.15, -0.1) is 21.5 Å². The van der Waals surface area contributed by atoms with Gasteiger partial charge >= 0.3 is 0 Å². The highest BCUT2D eigenvalue weighted by Crippen LogP contribution is 2.23. The molecule has 0 aliphatic carbocycles. The van der Waals surface area contributed by atoms with Crippen LogP contribution >= 0.6 is 11.3 Å². The smallest absolute Gasteiger partial charge is 0.257 e. The lowest BCUT2D eigenvalue weighted by Gasteiger charge is -2.03. The molecule has 0 fully saturated rings. The van der Waals surface area contributed by atoms with Gasteiger partial charge < -0.3 is 9.73 Å². The summed E-state index contributed by atoms with van der Waals surface area (Å²) in [7, 11) is 0. The summed E-state index contributed by atoms with van der Waals surface area (Å²) in [5.74, 6) is 0.928. The SMILES string of the molecule is O=C(CCc1nnc(-c2cccs2)o1)NCc1ccncc1. The van der Waals surface area contributed by atoms with Crippen molar-refractivity contribution in [3.8, 4) is 10.8 Å². The molecule has 0 unspecified atom stereocenters. The average Bonchev–Trinajstić information content (AvgIpc) is 3.22. The summed E-state index contributed by atoms with van der Waals surface area (Å²) in [5, 5.41) is 12.7. The molecule has 0 bridgehead atoms. The number of aromatic nitrogens is 3. The van der Waals surface area contributed by atoms with Crippen LogP contribution in [-0.2, 0) is 17.8 Å². The van der Waals surface area contributed by atoms with Crippen molar-refractivity contribution in [3.63, 3.8) is 0 Å². The molecule has 1 amide bonds. The highest BCUT2D eigenvalue weighted by Gasteiger charge is 2.11. The van der Waals surface area contributed by atoms with Gasteiger partial charge in [0.25, 0.3) is 5.89 Å². The molecule has 0 aliphatic heterocycles. The van der Waals surface area contributed by atoms with Gasteiger partial charge in [-0.2, -0.15) is 0 Å². The number of pyridine rings is 1. The van der Waals surface area contributed by atoms with Gasteiger partial charge in [0.05, 0.1) is 4.88 Å². The van der Waals surface area contributed by atoms with Crippen LogP contribution in [0.4, 0.5) is 0 Å². The van der Waals surface area contributed by atoms with E-state index in [4.69, 9.17) is 4.42 Å². The van der Waals surface area contributed by atoms with E-state index in [0.29, 0.717) is 31.2 Å². The second kappa shape index (κ2) is 6.95. The first-order valence-corrected chi connectivity index (χ1v) is 7.71. The largest absolute Gasteiger partial charge is 0.420 e. The van der Waals surface area contributed by atoms with Crippen LogP contribution in [0.5, 0.6) is 0 Å². The maximum Gasteiger partial charge on any atom is 0.257 e. The first kappa shape index (κ1) is 14.4. The Balaban J connectivity index is 1.47. The predicted molar refractivity (Wildman–Crippen MR) is 82.0 cm³/mol. The van der Waals surface area contributed by atoms with E-state index in [1.807, 2.05) is 29.6 Å². The van der Waals surface area contributed by atoms with Gasteiger partial charge in [-0.05, 0) is 29.1 Å². The van der Waals surface area contributed by atoms with Crippen molar-refractivity contribution in [2.24, 2.45) is 0 Å². The van der Waals surface area contributed by atoms with E-state index in [2.05, 4.69) is 20.5 Å². The zero-order valence-corrected chi connectivity index (χ0v) is 12.5. The molecule has 0 atom stereocenters. The third-order valence-corrected chi connectivity index (χ3v) is 3.86. The number of carbonyl (C=O) groups is 1. The van der Waals surface area contributed by atoms with Crippen LogP contribution in [0.15, 0.2) is 46.5 Å². The second-order valence-electron chi connectivity index (χ2n) is 4.61. The number of hydrogen-bond donors (Lipinski definition) is 1.